The van der Waals surface area contributed by atoms with E-state index in [0.29, 0.717) is 17.0 Å². The second-order valence-electron chi connectivity index (χ2n) is 6.74. The smallest absolute Gasteiger partial charge is 0.248 e. The van der Waals surface area contributed by atoms with Crippen LogP contribution in [0.1, 0.15) is 22.8 Å². The molecule has 4 N–H and O–H groups in total. The molecule has 3 aromatic carbocycles. The van der Waals surface area contributed by atoms with Crippen LogP contribution >= 0.6 is 0 Å². The van der Waals surface area contributed by atoms with Crippen LogP contribution in [0.5, 0.6) is 11.5 Å². The molecule has 0 aliphatic rings. The third kappa shape index (κ3) is 5.59. The zero-order chi connectivity index (χ0) is 20.8. The molecule has 0 radical (unpaired) electrons. The van der Waals surface area contributed by atoms with Gasteiger partial charge < -0.3 is 21.1 Å². The van der Waals surface area contributed by atoms with Crippen molar-refractivity contribution in [3.63, 3.8) is 0 Å². The minimum atomic E-state index is -0.507. The first-order valence-corrected chi connectivity index (χ1v) is 9.22. The quantitative estimate of drug-likeness (QED) is 0.561. The number of anilines is 2. The van der Waals surface area contributed by atoms with Gasteiger partial charge >= 0.3 is 0 Å². The molecule has 1 atom stereocenters. The minimum Gasteiger partial charge on any atom is -0.457 e. The number of nitrogens with one attached hydrogen (secondary N) is 2. The van der Waals surface area contributed by atoms with Crippen molar-refractivity contribution in [1.82, 2.24) is 0 Å². The Morgan fingerprint density at radius 3 is 1.90 bits per heavy atom. The molecule has 0 aliphatic carbocycles. The Kier molecular flexibility index (Phi) is 6.14. The summed E-state index contributed by atoms with van der Waals surface area (Å²) >= 11 is 0. The van der Waals surface area contributed by atoms with Crippen molar-refractivity contribution in [2.45, 2.75) is 19.9 Å². The molecule has 0 aromatic heterocycles. The number of ether oxygens (including phenoxy) is 1. The van der Waals surface area contributed by atoms with E-state index in [1.807, 2.05) is 55.5 Å². The number of rotatable bonds is 7. The van der Waals surface area contributed by atoms with Gasteiger partial charge in [-0.3, -0.25) is 9.59 Å². The number of hydrogen-bond donors (Lipinski definition) is 3. The summed E-state index contributed by atoms with van der Waals surface area (Å²) in [5.74, 6) is 0.780. The fraction of sp³-hybridized carbons (Fsp3) is 0.130. The van der Waals surface area contributed by atoms with Crippen molar-refractivity contribution in [2.24, 2.45) is 5.73 Å². The summed E-state index contributed by atoms with van der Waals surface area (Å²) in [5.41, 5.74) is 8.17. The number of amides is 2. The maximum absolute atomic E-state index is 12.4. The summed E-state index contributed by atoms with van der Waals surface area (Å²) in [6.07, 6.45) is 0. The largest absolute Gasteiger partial charge is 0.457 e. The van der Waals surface area contributed by atoms with E-state index < -0.39 is 11.9 Å². The van der Waals surface area contributed by atoms with Crippen molar-refractivity contribution in [2.75, 3.05) is 10.6 Å². The zero-order valence-corrected chi connectivity index (χ0v) is 16.3. The lowest BCUT2D eigenvalue weighted by atomic mass is 10.2. The van der Waals surface area contributed by atoms with E-state index >= 15 is 0 Å². The lowest BCUT2D eigenvalue weighted by molar-refractivity contribution is -0.116. The van der Waals surface area contributed by atoms with Crippen LogP contribution in [-0.4, -0.2) is 17.9 Å². The molecule has 3 aromatic rings. The highest BCUT2D eigenvalue weighted by Gasteiger charge is 2.13. The second-order valence-corrected chi connectivity index (χ2v) is 6.74. The summed E-state index contributed by atoms with van der Waals surface area (Å²) < 4.78 is 5.81. The first-order chi connectivity index (χ1) is 13.9. The van der Waals surface area contributed by atoms with Crippen LogP contribution in [0.4, 0.5) is 11.4 Å². The van der Waals surface area contributed by atoms with E-state index in [0.717, 1.165) is 11.4 Å². The van der Waals surface area contributed by atoms with Crippen LogP contribution in [0, 0.1) is 6.92 Å². The van der Waals surface area contributed by atoms with E-state index in [2.05, 4.69) is 10.6 Å². The predicted molar refractivity (Wildman–Crippen MR) is 114 cm³/mol. The average Bonchev–Trinajstić information content (AvgIpc) is 2.71. The Hall–Kier alpha value is -3.80. The Morgan fingerprint density at radius 1 is 0.828 bits per heavy atom. The van der Waals surface area contributed by atoms with Gasteiger partial charge in [-0.2, -0.15) is 0 Å². The lowest BCUT2D eigenvalue weighted by Gasteiger charge is -2.16. The summed E-state index contributed by atoms with van der Waals surface area (Å²) in [6, 6.07) is 21.2. The molecule has 0 saturated carbocycles. The molecule has 0 fully saturated rings. The highest BCUT2D eigenvalue weighted by Crippen LogP contribution is 2.23. The monoisotopic (exact) mass is 389 g/mol. The highest BCUT2D eigenvalue weighted by molar-refractivity contribution is 5.97. The molecule has 0 spiro atoms. The summed E-state index contributed by atoms with van der Waals surface area (Å²) in [6.45, 7) is 3.79. The van der Waals surface area contributed by atoms with Crippen molar-refractivity contribution in [3.8, 4) is 11.5 Å². The van der Waals surface area contributed by atoms with Gasteiger partial charge in [0.25, 0.3) is 0 Å². The van der Waals surface area contributed by atoms with Crippen LogP contribution in [0.3, 0.4) is 0 Å². The Morgan fingerprint density at radius 2 is 1.34 bits per heavy atom. The van der Waals surface area contributed by atoms with Gasteiger partial charge in [0.05, 0.1) is 0 Å². The molecule has 3 rings (SSSR count). The average molecular weight is 389 g/mol. The summed E-state index contributed by atoms with van der Waals surface area (Å²) in [5, 5.41) is 5.95. The summed E-state index contributed by atoms with van der Waals surface area (Å²) in [7, 11) is 0. The van der Waals surface area contributed by atoms with Gasteiger partial charge in [0, 0.05) is 16.9 Å². The Labute approximate surface area is 169 Å². The van der Waals surface area contributed by atoms with Crippen LogP contribution in [0.15, 0.2) is 72.8 Å². The van der Waals surface area contributed by atoms with Crippen LogP contribution in [0.2, 0.25) is 0 Å². The maximum atomic E-state index is 12.4. The Balaban J connectivity index is 1.55. The topological polar surface area (TPSA) is 93.4 Å². The van der Waals surface area contributed by atoms with Crippen molar-refractivity contribution < 1.29 is 14.3 Å². The first kappa shape index (κ1) is 19.9. The van der Waals surface area contributed by atoms with Gasteiger partial charge in [-0.25, -0.2) is 0 Å². The molecule has 2 amide bonds. The molecule has 29 heavy (non-hydrogen) atoms. The lowest BCUT2D eigenvalue weighted by Crippen LogP contribution is -2.31. The molecule has 6 nitrogen and oxygen atoms in total. The molecule has 0 unspecified atom stereocenters. The minimum absolute atomic E-state index is 0.197. The van der Waals surface area contributed by atoms with Gasteiger partial charge in [-0.05, 0) is 74.5 Å². The highest BCUT2D eigenvalue weighted by atomic mass is 16.5. The van der Waals surface area contributed by atoms with Gasteiger partial charge in [0.15, 0.2) is 0 Å². The molecular formula is C23H23N3O3. The molecular weight excluding hydrogens is 366 g/mol. The third-order valence-electron chi connectivity index (χ3n) is 4.32. The van der Waals surface area contributed by atoms with Gasteiger partial charge in [-0.15, -0.1) is 0 Å². The standard InChI is InChI=1S/C23H23N3O3/c1-15-3-11-20(12-4-15)29-21-13-9-18(10-14-21)25-16(2)23(28)26-19-7-5-17(6-8-19)22(24)27/h3-14,16,25H,1-2H3,(H2,24,27)(H,26,28)/t16-/m1/s1. The molecule has 0 bridgehead atoms. The molecule has 148 valence electrons. The number of primary amides is 1. The fourth-order valence-electron chi connectivity index (χ4n) is 2.65. The van der Waals surface area contributed by atoms with Gasteiger partial charge in [0.2, 0.25) is 11.8 Å². The van der Waals surface area contributed by atoms with E-state index in [-0.39, 0.29) is 5.91 Å². The molecule has 0 heterocycles. The van der Waals surface area contributed by atoms with Gasteiger partial charge in [0.1, 0.15) is 17.5 Å². The van der Waals surface area contributed by atoms with E-state index in [4.69, 9.17) is 10.5 Å². The van der Waals surface area contributed by atoms with Crippen LogP contribution in [-0.2, 0) is 4.79 Å². The van der Waals surface area contributed by atoms with Crippen molar-refractivity contribution in [1.29, 1.82) is 0 Å². The predicted octanol–water partition coefficient (Wildman–Crippen LogP) is 4.33. The number of aryl methyl sites for hydroxylation is 1. The third-order valence-corrected chi connectivity index (χ3v) is 4.32. The van der Waals surface area contributed by atoms with Crippen molar-refractivity contribution >= 4 is 23.2 Å². The molecule has 6 heteroatoms. The van der Waals surface area contributed by atoms with E-state index in [9.17, 15) is 9.59 Å². The van der Waals surface area contributed by atoms with Crippen LogP contribution in [0.25, 0.3) is 0 Å². The summed E-state index contributed by atoms with van der Waals surface area (Å²) in [4.78, 5) is 23.5. The normalized spacial score (nSPS) is 11.4. The number of hydrogen-bond acceptors (Lipinski definition) is 4. The van der Waals surface area contributed by atoms with E-state index in [1.54, 1.807) is 31.2 Å². The number of carbonyl (C=O) groups excluding carboxylic acids is 2. The second kappa shape index (κ2) is 8.93. The van der Waals surface area contributed by atoms with Gasteiger partial charge in [-0.1, -0.05) is 17.7 Å². The fourth-order valence-corrected chi connectivity index (χ4v) is 2.65. The zero-order valence-electron chi connectivity index (χ0n) is 16.3. The molecule has 0 aliphatic heterocycles. The first-order valence-electron chi connectivity index (χ1n) is 9.22. The molecule has 0 saturated heterocycles. The van der Waals surface area contributed by atoms with E-state index in [1.165, 1.54) is 5.56 Å². The Bertz CT molecular complexity index is 981. The number of carbonyl (C=O) groups is 2. The van der Waals surface area contributed by atoms with Crippen molar-refractivity contribution in [3.05, 3.63) is 83.9 Å². The number of nitrogens with two attached hydrogens (primary N) is 1. The van der Waals surface area contributed by atoms with Crippen LogP contribution < -0.4 is 21.1 Å². The SMILES string of the molecule is Cc1ccc(Oc2ccc(N[C@H](C)C(=O)Nc3ccc(C(N)=O)cc3)cc2)cc1. The maximum Gasteiger partial charge on any atom is 0.248 e. The number of benzene rings is 3.